The van der Waals surface area contributed by atoms with Crippen LogP contribution in [0.5, 0.6) is 0 Å². The number of rotatable bonds is 9. The summed E-state index contributed by atoms with van der Waals surface area (Å²) in [6, 6.07) is 11.7. The van der Waals surface area contributed by atoms with Crippen molar-refractivity contribution in [3.05, 3.63) is 85.3 Å². The van der Waals surface area contributed by atoms with Gasteiger partial charge in [-0.05, 0) is 53.1 Å². The zero-order valence-corrected chi connectivity index (χ0v) is 37.3. The largest absolute Gasteiger partial charge is 0.367 e. The number of benzene rings is 2. The van der Waals surface area contributed by atoms with E-state index in [9.17, 15) is 38.9 Å². The summed E-state index contributed by atoms with van der Waals surface area (Å²) in [4.78, 5) is 107. The number of carbonyl (C=O) groups is 4. The molecule has 0 aliphatic carbocycles. The van der Waals surface area contributed by atoms with Crippen molar-refractivity contribution in [1.29, 1.82) is 0 Å². The number of nitrogens with zero attached hydrogens (tertiary/aromatic N) is 11. The van der Waals surface area contributed by atoms with Crippen LogP contribution < -0.4 is 42.0 Å². The van der Waals surface area contributed by atoms with Crippen LogP contribution in [0.15, 0.2) is 58.3 Å². The van der Waals surface area contributed by atoms with Crippen LogP contribution in [0.25, 0.3) is 22.1 Å². The summed E-state index contributed by atoms with van der Waals surface area (Å²) in [6.45, 7) is 9.52. The summed E-state index contributed by atoms with van der Waals surface area (Å²) in [6.07, 6.45) is 1.71. The number of pyridine rings is 1. The number of hydrogen-bond acceptors (Lipinski definition) is 15. The number of nitro groups is 1. The zero-order chi connectivity index (χ0) is 46.4. The van der Waals surface area contributed by atoms with Crippen LogP contribution in [0.2, 0.25) is 0 Å². The molecule has 3 unspecified atom stereocenters. The first kappa shape index (κ1) is 42.7. The summed E-state index contributed by atoms with van der Waals surface area (Å²) in [5.41, 5.74) is 4.33. The van der Waals surface area contributed by atoms with E-state index in [0.29, 0.717) is 67.5 Å². The van der Waals surface area contributed by atoms with E-state index in [0.717, 1.165) is 56.2 Å². The molecule has 0 radical (unpaired) electrons. The third kappa shape index (κ3) is 7.07. The number of imide groups is 2. The number of carbonyl (C=O) groups excluding carboxylic acids is 4. The molecule has 5 aromatic rings. The Balaban J connectivity index is 0.788. The van der Waals surface area contributed by atoms with Crippen LogP contribution >= 0.6 is 0 Å². The van der Waals surface area contributed by atoms with Gasteiger partial charge in [-0.3, -0.25) is 57.9 Å². The van der Waals surface area contributed by atoms with Crippen LogP contribution in [-0.4, -0.2) is 152 Å². The minimum Gasteiger partial charge on any atom is -0.367 e. The van der Waals surface area contributed by atoms with E-state index >= 15 is 0 Å². The maximum absolute atomic E-state index is 14.1. The second kappa shape index (κ2) is 16.5. The average Bonchev–Trinajstić information content (AvgIpc) is 3.70. The van der Waals surface area contributed by atoms with E-state index in [1.165, 1.54) is 15.3 Å². The van der Waals surface area contributed by atoms with Crippen LogP contribution in [0.1, 0.15) is 42.8 Å². The van der Waals surface area contributed by atoms with Gasteiger partial charge in [0.15, 0.2) is 6.20 Å². The lowest BCUT2D eigenvalue weighted by molar-refractivity contribution is -0.390. The molecule has 22 heteroatoms. The molecule has 4 amide bonds. The lowest BCUT2D eigenvalue weighted by Gasteiger charge is -2.49. The Bertz CT molecular complexity index is 3000. The van der Waals surface area contributed by atoms with Crippen LogP contribution in [0, 0.1) is 10.1 Å². The highest BCUT2D eigenvalue weighted by Crippen LogP contribution is 2.40. The van der Waals surface area contributed by atoms with E-state index in [1.54, 1.807) is 35.4 Å². The maximum atomic E-state index is 14.1. The van der Waals surface area contributed by atoms with Gasteiger partial charge in [-0.25, -0.2) is 9.59 Å². The standard InChI is InChI=1S/C45H52N14O8/c1-50-38-31(5-3-7-33(38)57(44(50)64)35-9-10-37(60)48-42(35)62)56-24-28(25-56)54-17-15-53(16-18-54)26-19-29(40(47-21-26)59(66)67)30-20-36(43(63)49-41(30)61)58-34-8-4-6-32(39(34)51(2)45(58)65)55-22-27(23-55)52-13-11-46-12-14-52/h3-8,19,21,27-28,30,35-36,46H,9-18,20,22-25H2,1-2H3,(H,48,60,62)(H,49,61,63). The Morgan fingerprint density at radius 3 is 1.79 bits per heavy atom. The molecule has 11 rings (SSSR count). The van der Waals surface area contributed by atoms with Crippen molar-refractivity contribution in [3.63, 3.8) is 0 Å². The van der Waals surface area contributed by atoms with E-state index in [4.69, 9.17) is 0 Å². The van der Waals surface area contributed by atoms with Gasteiger partial charge in [0, 0.05) is 111 Å². The molecule has 0 saturated carbocycles. The third-order valence-electron chi connectivity index (χ3n) is 15.0. The first-order valence-corrected chi connectivity index (χ1v) is 23.0. The molecule has 0 bridgehead atoms. The lowest BCUT2D eigenvalue weighted by atomic mass is 9.87. The smallest absolute Gasteiger partial charge is 0.367 e. The van der Waals surface area contributed by atoms with Crippen molar-refractivity contribution < 1.29 is 24.1 Å². The minimum atomic E-state index is -1.14. The van der Waals surface area contributed by atoms with Crippen LogP contribution in [-0.2, 0) is 33.3 Å². The number of piperidine rings is 2. The summed E-state index contributed by atoms with van der Waals surface area (Å²) in [5.74, 6) is -3.76. The number of amides is 4. The number of hydrogen-bond donors (Lipinski definition) is 3. The van der Waals surface area contributed by atoms with Gasteiger partial charge in [-0.15, -0.1) is 0 Å². The van der Waals surface area contributed by atoms with E-state index in [-0.39, 0.29) is 42.5 Å². The predicted molar refractivity (Wildman–Crippen MR) is 246 cm³/mol. The third-order valence-corrected chi connectivity index (χ3v) is 15.0. The van der Waals surface area contributed by atoms with Crippen molar-refractivity contribution in [3.8, 4) is 0 Å². The molecule has 9 heterocycles. The van der Waals surface area contributed by atoms with E-state index in [2.05, 4.69) is 45.4 Å². The van der Waals surface area contributed by atoms with Gasteiger partial charge in [0.05, 0.1) is 50.6 Å². The van der Waals surface area contributed by atoms with E-state index < -0.39 is 52.2 Å². The normalized spacial score (nSPS) is 23.7. The highest BCUT2D eigenvalue weighted by Gasteiger charge is 2.43. The first-order valence-electron chi connectivity index (χ1n) is 23.0. The van der Waals surface area contributed by atoms with Gasteiger partial charge < -0.3 is 30.1 Å². The second-order valence-corrected chi connectivity index (χ2v) is 18.6. The van der Waals surface area contributed by atoms with Crippen LogP contribution in [0.3, 0.4) is 0 Å². The molecule has 2 aromatic carbocycles. The Hall–Kier alpha value is -6.91. The van der Waals surface area contributed by atoms with Crippen molar-refractivity contribution in [2.24, 2.45) is 14.1 Å². The van der Waals surface area contributed by atoms with Gasteiger partial charge in [-0.2, -0.15) is 0 Å². The fourth-order valence-corrected chi connectivity index (χ4v) is 11.3. The molecule has 0 spiro atoms. The predicted octanol–water partition coefficient (Wildman–Crippen LogP) is -0.250. The number of aromatic nitrogens is 5. The Labute approximate surface area is 382 Å². The van der Waals surface area contributed by atoms with Gasteiger partial charge in [0.1, 0.15) is 12.1 Å². The molecular formula is C45H52N14O8. The average molecular weight is 917 g/mol. The fourth-order valence-electron chi connectivity index (χ4n) is 11.3. The summed E-state index contributed by atoms with van der Waals surface area (Å²) in [5, 5.41) is 20.7. The molecule has 3 atom stereocenters. The summed E-state index contributed by atoms with van der Waals surface area (Å²) < 4.78 is 6.02. The molecule has 6 fully saturated rings. The molecule has 350 valence electrons. The van der Waals surface area contributed by atoms with Gasteiger partial charge in [-0.1, -0.05) is 12.1 Å². The minimum absolute atomic E-state index is 0.0816. The van der Waals surface area contributed by atoms with Crippen molar-refractivity contribution in [1.82, 2.24) is 49.0 Å². The highest BCUT2D eigenvalue weighted by molar-refractivity contribution is 6.04. The lowest BCUT2D eigenvalue weighted by Crippen LogP contribution is -2.63. The second-order valence-electron chi connectivity index (χ2n) is 18.6. The molecule has 6 aliphatic rings. The number of aryl methyl sites for hydroxylation is 2. The maximum Gasteiger partial charge on any atom is 0.367 e. The topological polar surface area (TPSA) is 230 Å². The molecular weight excluding hydrogens is 865 g/mol. The first-order chi connectivity index (χ1) is 32.4. The summed E-state index contributed by atoms with van der Waals surface area (Å²) >= 11 is 0. The Kier molecular flexibility index (Phi) is 10.5. The Morgan fingerprint density at radius 1 is 0.672 bits per heavy atom. The van der Waals surface area contributed by atoms with Crippen molar-refractivity contribution in [2.45, 2.75) is 49.3 Å². The van der Waals surface area contributed by atoms with Crippen molar-refractivity contribution in [2.75, 3.05) is 93.2 Å². The number of piperazine rings is 2. The number of nitrogens with one attached hydrogen (secondary N) is 3. The number of imidazole rings is 2. The SMILES string of the molecule is Cn1c(=O)n(C2CCC(=O)NC2=O)c2cccc(N3CC(N4CCN(c5cnc([N+](=O)[O-])c(C6CC(n7c(=O)n(C)c8c(N9CC(N%10CCNCC%10)C9)cccc87)C(=O)NC6=O)c5)CC4)C3)c21. The fraction of sp³-hybridized carbons (Fsp3) is 0.489. The zero-order valence-electron chi connectivity index (χ0n) is 37.3. The van der Waals surface area contributed by atoms with E-state index in [1.807, 2.05) is 30.3 Å². The van der Waals surface area contributed by atoms with Crippen LogP contribution in [0.4, 0.5) is 22.9 Å². The monoisotopic (exact) mass is 916 g/mol. The van der Waals surface area contributed by atoms with Gasteiger partial charge in [0.25, 0.3) is 0 Å². The Morgan fingerprint density at radius 2 is 1.22 bits per heavy atom. The molecule has 22 nitrogen and oxygen atoms in total. The quantitative estimate of drug-likeness (QED) is 0.0984. The number of fused-ring (bicyclic) bond motifs is 2. The highest BCUT2D eigenvalue weighted by atomic mass is 16.6. The van der Waals surface area contributed by atoms with Crippen molar-refractivity contribution >= 4 is 68.6 Å². The molecule has 6 aliphatic heterocycles. The van der Waals surface area contributed by atoms with Gasteiger partial charge in [0.2, 0.25) is 23.6 Å². The number of para-hydroxylation sites is 2. The molecule has 3 aromatic heterocycles. The molecule has 6 saturated heterocycles. The molecule has 67 heavy (non-hydrogen) atoms. The number of anilines is 3. The van der Waals surface area contributed by atoms with Gasteiger partial charge >= 0.3 is 17.2 Å². The summed E-state index contributed by atoms with van der Waals surface area (Å²) in [7, 11) is 3.37. The molecule has 3 N–H and O–H groups in total.